The molecule has 1 aromatic carbocycles. The fourth-order valence-electron chi connectivity index (χ4n) is 4.90. The summed E-state index contributed by atoms with van der Waals surface area (Å²) in [6.45, 7) is 9.41. The number of cyclic esters (lactones) is 1. The van der Waals surface area contributed by atoms with Crippen molar-refractivity contribution < 1.29 is 28.9 Å². The van der Waals surface area contributed by atoms with E-state index in [1.54, 1.807) is 6.08 Å². The van der Waals surface area contributed by atoms with Crippen LogP contribution in [-0.2, 0) is 27.2 Å². The van der Waals surface area contributed by atoms with E-state index >= 15 is 0 Å². The van der Waals surface area contributed by atoms with Crippen molar-refractivity contribution in [2.24, 2.45) is 0 Å². The second kappa shape index (κ2) is 9.28. The van der Waals surface area contributed by atoms with E-state index in [0.717, 1.165) is 59.2 Å². The van der Waals surface area contributed by atoms with Crippen LogP contribution in [0.25, 0.3) is 16.5 Å². The number of nitrogens with zero attached hydrogens (tertiary/aromatic N) is 1. The van der Waals surface area contributed by atoms with Crippen LogP contribution in [0.5, 0.6) is 11.5 Å². The summed E-state index contributed by atoms with van der Waals surface area (Å²) in [5.41, 5.74) is 5.88. The molecule has 1 atom stereocenters. The second-order valence-corrected chi connectivity index (χ2v) is 8.91. The zero-order chi connectivity index (χ0) is 24.7. The number of aliphatic hydroxyl groups is 1. The number of rotatable bonds is 6. The number of ketones is 1. The maximum absolute atomic E-state index is 12.3. The summed E-state index contributed by atoms with van der Waals surface area (Å²) < 4.78 is 16.2. The van der Waals surface area contributed by atoms with E-state index in [-0.39, 0.29) is 30.3 Å². The van der Waals surface area contributed by atoms with Crippen LogP contribution in [-0.4, -0.2) is 54.4 Å². The topological polar surface area (TPSA) is 107 Å². The lowest BCUT2D eigenvalue weighted by Gasteiger charge is -2.27. The Labute approximate surface area is 203 Å². The normalized spacial score (nSPS) is 20.4. The van der Waals surface area contributed by atoms with Gasteiger partial charge >= 0.3 is 5.97 Å². The van der Waals surface area contributed by atoms with E-state index in [0.29, 0.717) is 17.9 Å². The highest BCUT2D eigenvalue weighted by Gasteiger charge is 2.32. The van der Waals surface area contributed by atoms with E-state index in [1.165, 1.54) is 12.5 Å². The molecule has 0 radical (unpaired) electrons. The number of carbonyl (C=O) groups is 2. The minimum absolute atomic E-state index is 0.160. The lowest BCUT2D eigenvalue weighted by Crippen LogP contribution is -2.33. The first kappa shape index (κ1) is 23.3. The Morgan fingerprint density at radius 2 is 2.03 bits per heavy atom. The number of fused-ring (bicyclic) bond motifs is 3. The molecule has 0 bridgehead atoms. The number of benzene rings is 1. The smallest absolute Gasteiger partial charge is 0.340 e. The molecule has 0 unspecified atom stereocenters. The number of hydrogen-bond acceptors (Lipinski definition) is 8. The Morgan fingerprint density at radius 3 is 2.77 bits per heavy atom. The van der Waals surface area contributed by atoms with E-state index in [9.17, 15) is 14.7 Å². The zero-order valence-electron chi connectivity index (χ0n) is 19.9. The molecule has 0 fully saturated rings. The van der Waals surface area contributed by atoms with Crippen molar-refractivity contribution >= 4 is 28.2 Å². The van der Waals surface area contributed by atoms with E-state index in [2.05, 4.69) is 18.8 Å². The van der Waals surface area contributed by atoms with Crippen LogP contribution >= 0.6 is 0 Å². The number of carbonyl (C=O) groups excluding carboxylic acids is 2. The number of Topliss-reactive ketones (excluding diaryl/α,β-unsaturated/α-hetero) is 1. The average Bonchev–Trinajstić information content (AvgIpc) is 3.29. The van der Waals surface area contributed by atoms with E-state index in [1.807, 2.05) is 12.1 Å². The van der Waals surface area contributed by atoms with Gasteiger partial charge in [0.1, 0.15) is 6.61 Å². The van der Waals surface area contributed by atoms with Crippen LogP contribution in [0, 0.1) is 0 Å². The quantitative estimate of drug-likeness (QED) is 0.484. The highest BCUT2D eigenvalue weighted by Crippen LogP contribution is 2.42. The van der Waals surface area contributed by atoms with Crippen molar-refractivity contribution in [3.8, 4) is 11.5 Å². The fourth-order valence-corrected chi connectivity index (χ4v) is 4.90. The Balaban J connectivity index is 1.73. The molecule has 3 heterocycles. The van der Waals surface area contributed by atoms with E-state index < -0.39 is 12.1 Å². The monoisotopic (exact) mass is 476 g/mol. The zero-order valence-corrected chi connectivity index (χ0v) is 19.9. The largest absolute Gasteiger partial charge is 0.458 e. The number of ether oxygens (including phenoxy) is 3. The van der Waals surface area contributed by atoms with Crippen LogP contribution in [0.3, 0.4) is 0 Å². The van der Waals surface area contributed by atoms with Crippen LogP contribution in [0.4, 0.5) is 0 Å². The van der Waals surface area contributed by atoms with E-state index in [4.69, 9.17) is 19.2 Å². The lowest BCUT2D eigenvalue weighted by molar-refractivity contribution is -0.152. The van der Waals surface area contributed by atoms with Gasteiger partial charge in [-0.15, -0.1) is 0 Å². The summed E-state index contributed by atoms with van der Waals surface area (Å²) in [4.78, 5) is 29.4. The minimum atomic E-state index is -1.53. The van der Waals surface area contributed by atoms with Crippen LogP contribution in [0.15, 0.2) is 41.5 Å². The van der Waals surface area contributed by atoms with Gasteiger partial charge in [0.15, 0.2) is 23.4 Å². The van der Waals surface area contributed by atoms with Crippen molar-refractivity contribution in [3.05, 3.63) is 58.3 Å². The fraction of sp³-hybridized carbons (Fsp3) is 0.370. The van der Waals surface area contributed by atoms with Gasteiger partial charge in [0.2, 0.25) is 6.79 Å². The summed E-state index contributed by atoms with van der Waals surface area (Å²) in [6, 6.07) is 3.88. The second-order valence-electron chi connectivity index (χ2n) is 8.91. The molecule has 2 N–H and O–H groups in total. The molecule has 35 heavy (non-hydrogen) atoms. The molecule has 0 saturated heterocycles. The van der Waals surface area contributed by atoms with Gasteiger partial charge in [-0.25, -0.2) is 9.78 Å². The van der Waals surface area contributed by atoms with Gasteiger partial charge in [0, 0.05) is 28.2 Å². The summed E-state index contributed by atoms with van der Waals surface area (Å²) in [5, 5.41) is 15.0. The standard InChI is InChI=1S/C27H28N2O6/c1-4-28-8-7-16-17-6-5-14(2)18(9-20-21(15(3)30)12-33-27(32)26(20)31)25(17)29-22-11-24-23(10-19(16)22)34-13-35-24/h9-11,26,28,31H,2,4-8,12-13H2,1,3H3/b18-9+/t26-/m0/s1. The van der Waals surface area contributed by atoms with Crippen molar-refractivity contribution in [1.82, 2.24) is 10.3 Å². The molecule has 8 nitrogen and oxygen atoms in total. The van der Waals surface area contributed by atoms with Crippen molar-refractivity contribution in [1.29, 1.82) is 0 Å². The molecule has 182 valence electrons. The number of allylic oxidation sites excluding steroid dienone is 2. The first-order chi connectivity index (χ1) is 16.9. The predicted octanol–water partition coefficient (Wildman–Crippen LogP) is 2.80. The maximum atomic E-state index is 12.3. The molecular formula is C27H28N2O6. The number of pyridine rings is 1. The SMILES string of the molecule is C=C1CCc2c(nc3cc4c(cc3c2CCNCC)OCO4)/C1=C/C1=C(C(C)=O)COC(=O)[C@H]1O. The molecule has 2 aliphatic heterocycles. The van der Waals surface area contributed by atoms with Crippen molar-refractivity contribution in [3.63, 3.8) is 0 Å². The molecule has 1 aliphatic carbocycles. The highest BCUT2D eigenvalue weighted by molar-refractivity contribution is 6.00. The Bertz CT molecular complexity index is 1320. The van der Waals surface area contributed by atoms with Gasteiger partial charge in [-0.05, 0) is 68.1 Å². The van der Waals surface area contributed by atoms with Gasteiger partial charge in [-0.2, -0.15) is 0 Å². The lowest BCUT2D eigenvalue weighted by atomic mass is 9.81. The maximum Gasteiger partial charge on any atom is 0.340 e. The summed E-state index contributed by atoms with van der Waals surface area (Å²) >= 11 is 0. The number of aliphatic hydroxyl groups excluding tert-OH is 1. The third-order valence-corrected chi connectivity index (χ3v) is 6.76. The number of hydrogen-bond donors (Lipinski definition) is 2. The molecule has 1 aromatic heterocycles. The Kier molecular flexibility index (Phi) is 6.17. The summed E-state index contributed by atoms with van der Waals surface area (Å²) in [7, 11) is 0. The molecule has 5 rings (SSSR count). The molecule has 0 saturated carbocycles. The summed E-state index contributed by atoms with van der Waals surface area (Å²) in [6.07, 6.45) is 2.44. The van der Waals surface area contributed by atoms with Crippen LogP contribution < -0.4 is 14.8 Å². The van der Waals surface area contributed by atoms with Crippen molar-refractivity contribution in [2.75, 3.05) is 26.5 Å². The first-order valence-electron chi connectivity index (χ1n) is 11.8. The van der Waals surface area contributed by atoms with Gasteiger partial charge in [-0.3, -0.25) is 4.79 Å². The Morgan fingerprint density at radius 1 is 1.26 bits per heavy atom. The average molecular weight is 477 g/mol. The number of esters is 1. The number of nitrogens with one attached hydrogen (secondary N) is 1. The first-order valence-corrected chi connectivity index (χ1v) is 11.8. The highest BCUT2D eigenvalue weighted by atomic mass is 16.7. The van der Waals surface area contributed by atoms with Crippen LogP contribution in [0.2, 0.25) is 0 Å². The van der Waals surface area contributed by atoms with Gasteiger partial charge < -0.3 is 24.6 Å². The van der Waals surface area contributed by atoms with Gasteiger partial charge in [0.05, 0.1) is 11.2 Å². The Hall–Kier alpha value is -3.49. The number of aromatic nitrogens is 1. The number of likely N-dealkylation sites (N-methyl/N-ethyl adjacent to an activating group) is 1. The summed E-state index contributed by atoms with van der Waals surface area (Å²) in [5.74, 6) is 0.333. The van der Waals surface area contributed by atoms with Gasteiger partial charge in [-0.1, -0.05) is 13.5 Å². The molecule has 8 heteroatoms. The molecule has 2 aromatic rings. The van der Waals surface area contributed by atoms with Crippen molar-refractivity contribution in [2.45, 2.75) is 39.2 Å². The molecule has 0 amide bonds. The predicted molar refractivity (Wildman–Crippen MR) is 130 cm³/mol. The molecular weight excluding hydrogens is 448 g/mol. The molecule has 0 spiro atoms. The van der Waals surface area contributed by atoms with Gasteiger partial charge in [0.25, 0.3) is 0 Å². The molecule has 3 aliphatic rings. The third kappa shape index (κ3) is 4.13. The minimum Gasteiger partial charge on any atom is -0.458 e. The van der Waals surface area contributed by atoms with Crippen LogP contribution in [0.1, 0.15) is 37.1 Å². The third-order valence-electron chi connectivity index (χ3n) is 6.76.